The van der Waals surface area contributed by atoms with Gasteiger partial charge < -0.3 is 0 Å². The molecule has 82 heavy (non-hydrogen) atoms. The smallest absolute Gasteiger partial charge is 0.124 e. The maximum atomic E-state index is 5.00. The molecular weight excluding hydrogens is 1030 g/mol. The highest BCUT2D eigenvalue weighted by Crippen LogP contribution is 2.54. The van der Waals surface area contributed by atoms with E-state index in [1.807, 2.05) is 0 Å². The molecular formula is C78H52N2S2. The van der Waals surface area contributed by atoms with Crippen LogP contribution in [0, 0.1) is 0 Å². The number of benzene rings is 13. The van der Waals surface area contributed by atoms with Crippen molar-refractivity contribution in [2.45, 2.75) is 38.5 Å². The summed E-state index contributed by atoms with van der Waals surface area (Å²) in [5, 5.41) is 11.9. The minimum Gasteiger partial charge on any atom is -0.236 e. The van der Waals surface area contributed by atoms with Crippen LogP contribution >= 0.6 is 22.7 Å². The van der Waals surface area contributed by atoms with Crippen LogP contribution in [0.2, 0.25) is 0 Å². The summed E-state index contributed by atoms with van der Waals surface area (Å²) >= 11 is 3.51. The molecule has 2 nitrogen and oxygen atoms in total. The highest BCUT2D eigenvalue weighted by molar-refractivity contribution is 7.22. The van der Waals surface area contributed by atoms with Crippen molar-refractivity contribution in [1.82, 2.24) is 9.97 Å². The molecule has 4 heteroatoms. The highest BCUT2D eigenvalue weighted by Gasteiger charge is 2.37. The number of nitrogens with zero attached hydrogens (tertiary/aromatic N) is 2. The Kier molecular flexibility index (Phi) is 10.2. The Hall–Kier alpha value is -9.32. The molecule has 13 aromatic carbocycles. The van der Waals surface area contributed by atoms with Gasteiger partial charge in [-0.3, -0.25) is 0 Å². The van der Waals surface area contributed by atoms with Crippen LogP contribution in [0.25, 0.3) is 151 Å². The van der Waals surface area contributed by atoms with Gasteiger partial charge in [-0.1, -0.05) is 198 Å². The molecule has 0 aliphatic heterocycles. The van der Waals surface area contributed by atoms with Crippen molar-refractivity contribution in [3.05, 3.63) is 265 Å². The van der Waals surface area contributed by atoms with Crippen molar-refractivity contribution in [2.75, 3.05) is 0 Å². The van der Waals surface area contributed by atoms with Crippen LogP contribution in [0.4, 0.5) is 0 Å². The minimum atomic E-state index is -0.163. The van der Waals surface area contributed by atoms with Crippen LogP contribution in [0.1, 0.15) is 49.9 Å². The second-order valence-electron chi connectivity index (χ2n) is 23.7. The number of aromatic nitrogens is 2. The SMILES string of the molecule is CC1(C)c2ccccc2-c2ccc(-c3c4ccc(-c5ccc6cc(-c7nc8ccccc8s7)ccc6c5)cc4c(-c4ccc5c(c4)C(C)(C)c4ccccc4-5)c4ccc(-c5ccc6cc(-c7nc8ccccc8s7)ccc6c5)cc34)cc21. The van der Waals surface area contributed by atoms with Crippen molar-refractivity contribution < 1.29 is 0 Å². The van der Waals surface area contributed by atoms with E-state index < -0.39 is 0 Å². The zero-order valence-corrected chi connectivity index (χ0v) is 47.4. The fraction of sp³-hybridized carbons (Fsp3) is 0.0769. The van der Waals surface area contributed by atoms with Gasteiger partial charge in [-0.2, -0.15) is 0 Å². The maximum Gasteiger partial charge on any atom is 0.124 e. The molecule has 0 saturated heterocycles. The van der Waals surface area contributed by atoms with Crippen molar-refractivity contribution in [2.24, 2.45) is 0 Å². The molecule has 2 aromatic heterocycles. The predicted molar refractivity (Wildman–Crippen MR) is 351 cm³/mol. The molecule has 0 spiro atoms. The lowest BCUT2D eigenvalue weighted by molar-refractivity contribution is 0.660. The molecule has 17 rings (SSSR count). The molecule has 2 aliphatic carbocycles. The van der Waals surface area contributed by atoms with E-state index in [0.717, 1.165) is 32.2 Å². The Balaban J connectivity index is 0.883. The summed E-state index contributed by atoms with van der Waals surface area (Å²) in [6.07, 6.45) is 0. The summed E-state index contributed by atoms with van der Waals surface area (Å²) in [4.78, 5) is 10.0. The molecule has 0 radical (unpaired) electrons. The van der Waals surface area contributed by atoms with E-state index in [1.165, 1.54) is 142 Å². The molecule has 0 bridgehead atoms. The molecule has 0 N–H and O–H groups in total. The van der Waals surface area contributed by atoms with E-state index in [4.69, 9.17) is 9.97 Å². The summed E-state index contributed by atoms with van der Waals surface area (Å²) in [5.74, 6) is 0. The zero-order chi connectivity index (χ0) is 54.6. The quantitative estimate of drug-likeness (QED) is 0.155. The Morgan fingerprint density at radius 3 is 1.05 bits per heavy atom. The van der Waals surface area contributed by atoms with Crippen LogP contribution in [0.3, 0.4) is 0 Å². The third-order valence-electron chi connectivity index (χ3n) is 18.3. The lowest BCUT2D eigenvalue weighted by Gasteiger charge is -2.24. The lowest BCUT2D eigenvalue weighted by Crippen LogP contribution is -2.15. The topological polar surface area (TPSA) is 25.8 Å². The number of hydrogen-bond donors (Lipinski definition) is 0. The first kappa shape index (κ1) is 47.5. The van der Waals surface area contributed by atoms with Crippen LogP contribution in [-0.2, 0) is 10.8 Å². The van der Waals surface area contributed by atoms with Gasteiger partial charge in [0.15, 0.2) is 0 Å². The molecule has 386 valence electrons. The Morgan fingerprint density at radius 2 is 0.610 bits per heavy atom. The van der Waals surface area contributed by atoms with E-state index in [9.17, 15) is 0 Å². The first-order chi connectivity index (χ1) is 40.1. The molecule has 0 unspecified atom stereocenters. The van der Waals surface area contributed by atoms with Gasteiger partial charge in [-0.05, 0) is 205 Å². The van der Waals surface area contributed by atoms with Crippen LogP contribution in [-0.4, -0.2) is 9.97 Å². The monoisotopic (exact) mass is 1080 g/mol. The van der Waals surface area contributed by atoms with Gasteiger partial charge >= 0.3 is 0 Å². The summed E-state index contributed by atoms with van der Waals surface area (Å²) in [6.45, 7) is 9.58. The number of thiazole rings is 2. The number of rotatable bonds is 6. The van der Waals surface area contributed by atoms with E-state index >= 15 is 0 Å². The van der Waals surface area contributed by atoms with Crippen LogP contribution in [0.5, 0.6) is 0 Å². The molecule has 0 amide bonds. The summed E-state index contributed by atoms with van der Waals surface area (Å²) in [7, 11) is 0. The second-order valence-corrected chi connectivity index (χ2v) is 25.7. The molecule has 15 aromatic rings. The minimum absolute atomic E-state index is 0.163. The summed E-state index contributed by atoms with van der Waals surface area (Å²) < 4.78 is 2.42. The van der Waals surface area contributed by atoms with E-state index in [-0.39, 0.29) is 10.8 Å². The average molecular weight is 1080 g/mol. The molecule has 2 aliphatic rings. The molecule has 2 heterocycles. The summed E-state index contributed by atoms with van der Waals surface area (Å²) in [6, 6.07) is 91.5. The Labute approximate surface area is 484 Å². The third kappa shape index (κ3) is 7.18. The van der Waals surface area contributed by atoms with Gasteiger partial charge in [0, 0.05) is 22.0 Å². The van der Waals surface area contributed by atoms with E-state index in [1.54, 1.807) is 22.7 Å². The average Bonchev–Trinajstić information content (AvgIpc) is 3.54. The zero-order valence-electron chi connectivity index (χ0n) is 45.8. The van der Waals surface area contributed by atoms with Crippen molar-refractivity contribution in [3.63, 3.8) is 0 Å². The maximum absolute atomic E-state index is 5.00. The fourth-order valence-electron chi connectivity index (χ4n) is 14.0. The lowest BCUT2D eigenvalue weighted by atomic mass is 9.79. The van der Waals surface area contributed by atoms with Gasteiger partial charge in [-0.15, -0.1) is 22.7 Å². The number of para-hydroxylation sites is 2. The van der Waals surface area contributed by atoms with Crippen LogP contribution < -0.4 is 0 Å². The number of hydrogen-bond acceptors (Lipinski definition) is 4. The van der Waals surface area contributed by atoms with Crippen molar-refractivity contribution >= 4 is 86.2 Å². The first-order valence-electron chi connectivity index (χ1n) is 28.4. The Morgan fingerprint density at radius 1 is 0.268 bits per heavy atom. The van der Waals surface area contributed by atoms with Gasteiger partial charge in [0.05, 0.1) is 20.4 Å². The predicted octanol–water partition coefficient (Wildman–Crippen LogP) is 22.1. The molecule has 0 fully saturated rings. The first-order valence-corrected chi connectivity index (χ1v) is 30.1. The van der Waals surface area contributed by atoms with Crippen molar-refractivity contribution in [1.29, 1.82) is 0 Å². The van der Waals surface area contributed by atoms with Gasteiger partial charge in [0.1, 0.15) is 10.0 Å². The number of fused-ring (bicyclic) bond motifs is 12. The molecule has 0 saturated carbocycles. The van der Waals surface area contributed by atoms with E-state index in [2.05, 4.69) is 270 Å². The summed E-state index contributed by atoms with van der Waals surface area (Å²) in [5.41, 5.74) is 24.6. The normalized spacial score (nSPS) is 13.8. The van der Waals surface area contributed by atoms with Crippen LogP contribution in [0.15, 0.2) is 243 Å². The van der Waals surface area contributed by atoms with E-state index in [0.29, 0.717) is 0 Å². The highest BCUT2D eigenvalue weighted by atomic mass is 32.1. The largest absolute Gasteiger partial charge is 0.236 e. The molecule has 0 atom stereocenters. The standard InChI is InChI=1S/C78H52N2S2/c1-77(2)65-15-7-5-13-57(65)59-33-31-53(43-67(59)77)73-61-35-29-52(48-22-24-50-40-56(28-26-46(50)38-48)76-80-70-18-10-12-20-72(70)82-76)42-64(61)74(54-32-34-60-58-14-6-8-16-66(58)78(3,4)68(60)44-54)62-36-30-51(41-63(62)73)47-21-23-49-39-55(27-25-45(49)37-47)75-79-69-17-9-11-19-71(69)81-75/h5-44H,1-4H3. The third-order valence-corrected chi connectivity index (χ3v) is 20.5. The second kappa shape index (κ2) is 17.6. The van der Waals surface area contributed by atoms with Gasteiger partial charge in [0.2, 0.25) is 0 Å². The van der Waals surface area contributed by atoms with Gasteiger partial charge in [-0.25, -0.2) is 9.97 Å². The fourth-order valence-corrected chi connectivity index (χ4v) is 16.0. The van der Waals surface area contributed by atoms with Gasteiger partial charge in [0.25, 0.3) is 0 Å². The van der Waals surface area contributed by atoms with Crippen molar-refractivity contribution in [3.8, 4) is 87.9 Å². The Bertz CT molecular complexity index is 4850.